The van der Waals surface area contributed by atoms with Gasteiger partial charge in [-0.15, -0.1) is 0 Å². The molecule has 2 rings (SSSR count). The molecule has 3 atom stereocenters. The van der Waals surface area contributed by atoms with E-state index in [1.165, 1.54) is 0 Å². The first kappa shape index (κ1) is 11.4. The van der Waals surface area contributed by atoms with Crippen molar-refractivity contribution in [1.82, 2.24) is 0 Å². The Morgan fingerprint density at radius 3 is 2.50 bits per heavy atom. The Labute approximate surface area is 96.2 Å². The molecule has 1 aromatic carbocycles. The summed E-state index contributed by atoms with van der Waals surface area (Å²) >= 11 is 0. The SMILES string of the molecule is C[C@@H](N)c1ccc(OC2CCCC2O)cc1. The average molecular weight is 221 g/mol. The van der Waals surface area contributed by atoms with Crippen LogP contribution in [0.15, 0.2) is 24.3 Å². The van der Waals surface area contributed by atoms with Gasteiger partial charge >= 0.3 is 0 Å². The molecule has 3 N–H and O–H groups in total. The van der Waals surface area contributed by atoms with Gasteiger partial charge < -0.3 is 15.6 Å². The Hall–Kier alpha value is -1.06. The van der Waals surface area contributed by atoms with Gasteiger partial charge in [-0.1, -0.05) is 12.1 Å². The van der Waals surface area contributed by atoms with E-state index < -0.39 is 0 Å². The second kappa shape index (κ2) is 4.85. The highest BCUT2D eigenvalue weighted by Gasteiger charge is 2.26. The topological polar surface area (TPSA) is 55.5 Å². The van der Waals surface area contributed by atoms with Crippen LogP contribution in [0.25, 0.3) is 0 Å². The summed E-state index contributed by atoms with van der Waals surface area (Å²) in [5.74, 6) is 0.815. The van der Waals surface area contributed by atoms with Crippen LogP contribution in [0.1, 0.15) is 37.8 Å². The number of rotatable bonds is 3. The predicted molar refractivity (Wildman–Crippen MR) is 63.3 cm³/mol. The lowest BCUT2D eigenvalue weighted by Crippen LogP contribution is -2.25. The number of benzene rings is 1. The van der Waals surface area contributed by atoms with E-state index in [1.54, 1.807) is 0 Å². The van der Waals surface area contributed by atoms with Gasteiger partial charge in [-0.05, 0) is 43.9 Å². The van der Waals surface area contributed by atoms with Crippen molar-refractivity contribution < 1.29 is 9.84 Å². The lowest BCUT2D eigenvalue weighted by atomic mass is 10.1. The number of hydrogen-bond acceptors (Lipinski definition) is 3. The van der Waals surface area contributed by atoms with Crippen LogP contribution >= 0.6 is 0 Å². The lowest BCUT2D eigenvalue weighted by molar-refractivity contribution is 0.0604. The number of ether oxygens (including phenoxy) is 1. The first-order valence-electron chi connectivity index (χ1n) is 5.87. The molecular formula is C13H19NO2. The van der Waals surface area contributed by atoms with Gasteiger partial charge in [0.05, 0.1) is 6.10 Å². The van der Waals surface area contributed by atoms with E-state index in [1.807, 2.05) is 31.2 Å². The second-order valence-electron chi connectivity index (χ2n) is 4.51. The fraction of sp³-hybridized carbons (Fsp3) is 0.538. The first-order valence-corrected chi connectivity index (χ1v) is 5.87. The highest BCUT2D eigenvalue weighted by molar-refractivity contribution is 5.29. The van der Waals surface area contributed by atoms with Crippen molar-refractivity contribution in [3.8, 4) is 5.75 Å². The van der Waals surface area contributed by atoms with Gasteiger partial charge in [-0.2, -0.15) is 0 Å². The number of hydrogen-bond donors (Lipinski definition) is 2. The van der Waals surface area contributed by atoms with Crippen LogP contribution in [0, 0.1) is 0 Å². The molecule has 1 aliphatic rings. The van der Waals surface area contributed by atoms with E-state index in [0.717, 1.165) is 30.6 Å². The molecule has 1 aliphatic carbocycles. The molecule has 1 saturated carbocycles. The van der Waals surface area contributed by atoms with E-state index in [9.17, 15) is 5.11 Å². The maximum atomic E-state index is 9.65. The largest absolute Gasteiger partial charge is 0.488 e. The van der Waals surface area contributed by atoms with E-state index >= 15 is 0 Å². The molecule has 0 bridgehead atoms. The second-order valence-corrected chi connectivity index (χ2v) is 4.51. The third-order valence-corrected chi connectivity index (χ3v) is 3.11. The lowest BCUT2D eigenvalue weighted by Gasteiger charge is -2.17. The molecule has 3 heteroatoms. The van der Waals surface area contributed by atoms with Crippen LogP contribution in [-0.4, -0.2) is 17.3 Å². The fourth-order valence-corrected chi connectivity index (χ4v) is 2.07. The van der Waals surface area contributed by atoms with Crippen molar-refractivity contribution in [3.05, 3.63) is 29.8 Å². The summed E-state index contributed by atoms with van der Waals surface area (Å²) in [5, 5.41) is 9.65. The monoisotopic (exact) mass is 221 g/mol. The van der Waals surface area contributed by atoms with Crippen molar-refractivity contribution in [2.75, 3.05) is 0 Å². The van der Waals surface area contributed by atoms with E-state index in [4.69, 9.17) is 10.5 Å². The summed E-state index contributed by atoms with van der Waals surface area (Å²) in [5.41, 5.74) is 6.87. The molecule has 1 aromatic rings. The molecule has 3 nitrogen and oxygen atoms in total. The Balaban J connectivity index is 1.99. The molecule has 1 fully saturated rings. The summed E-state index contributed by atoms with van der Waals surface area (Å²) in [4.78, 5) is 0. The molecule has 16 heavy (non-hydrogen) atoms. The smallest absolute Gasteiger partial charge is 0.124 e. The number of aliphatic hydroxyl groups is 1. The summed E-state index contributed by atoms with van der Waals surface area (Å²) in [6.07, 6.45) is 2.48. The Morgan fingerprint density at radius 2 is 2.00 bits per heavy atom. The standard InChI is InChI=1S/C13H19NO2/c1-9(14)10-5-7-11(8-6-10)16-13-4-2-3-12(13)15/h5-9,12-13,15H,2-4,14H2,1H3/t9-,12?,13?/m1/s1. The van der Waals surface area contributed by atoms with Crippen LogP contribution in [-0.2, 0) is 0 Å². The van der Waals surface area contributed by atoms with Crippen molar-refractivity contribution >= 4 is 0 Å². The van der Waals surface area contributed by atoms with Gasteiger partial charge in [0.25, 0.3) is 0 Å². The number of aliphatic hydroxyl groups excluding tert-OH is 1. The van der Waals surface area contributed by atoms with Crippen LogP contribution in [0.4, 0.5) is 0 Å². The van der Waals surface area contributed by atoms with Gasteiger partial charge in [-0.25, -0.2) is 0 Å². The molecule has 0 amide bonds. The quantitative estimate of drug-likeness (QED) is 0.820. The van der Waals surface area contributed by atoms with Crippen LogP contribution in [0.3, 0.4) is 0 Å². The molecule has 0 heterocycles. The molecule has 88 valence electrons. The van der Waals surface area contributed by atoms with Crippen LogP contribution in [0.2, 0.25) is 0 Å². The van der Waals surface area contributed by atoms with Gasteiger partial charge in [0.15, 0.2) is 0 Å². The average Bonchev–Trinajstić information content (AvgIpc) is 2.65. The molecular weight excluding hydrogens is 202 g/mol. The molecule has 2 unspecified atom stereocenters. The van der Waals surface area contributed by atoms with Crippen molar-refractivity contribution in [1.29, 1.82) is 0 Å². The minimum atomic E-state index is -0.312. The first-order chi connectivity index (χ1) is 7.66. The van der Waals surface area contributed by atoms with Crippen LogP contribution in [0.5, 0.6) is 5.75 Å². The zero-order chi connectivity index (χ0) is 11.5. The van der Waals surface area contributed by atoms with Gasteiger partial charge in [-0.3, -0.25) is 0 Å². The highest BCUT2D eigenvalue weighted by atomic mass is 16.5. The van der Waals surface area contributed by atoms with E-state index in [0.29, 0.717) is 0 Å². The normalized spacial score (nSPS) is 26.7. The predicted octanol–water partition coefficient (Wildman–Crippen LogP) is 2.00. The Kier molecular flexibility index (Phi) is 3.46. The van der Waals surface area contributed by atoms with Crippen molar-refractivity contribution in [2.24, 2.45) is 5.73 Å². The minimum Gasteiger partial charge on any atom is -0.488 e. The zero-order valence-electron chi connectivity index (χ0n) is 9.60. The summed E-state index contributed by atoms with van der Waals surface area (Å²) < 4.78 is 5.73. The van der Waals surface area contributed by atoms with E-state index in [-0.39, 0.29) is 18.2 Å². The Bertz CT molecular complexity index is 334. The summed E-state index contributed by atoms with van der Waals surface area (Å²) in [6.45, 7) is 1.95. The molecule has 0 aliphatic heterocycles. The van der Waals surface area contributed by atoms with Crippen molar-refractivity contribution in [2.45, 2.75) is 44.4 Å². The van der Waals surface area contributed by atoms with E-state index in [2.05, 4.69) is 0 Å². The maximum absolute atomic E-state index is 9.65. The summed E-state index contributed by atoms with van der Waals surface area (Å²) in [7, 11) is 0. The third kappa shape index (κ3) is 2.54. The minimum absolute atomic E-state index is 0.0406. The third-order valence-electron chi connectivity index (χ3n) is 3.11. The number of nitrogens with two attached hydrogens (primary N) is 1. The fourth-order valence-electron chi connectivity index (χ4n) is 2.07. The summed E-state index contributed by atoms with van der Waals surface area (Å²) in [6, 6.07) is 7.84. The van der Waals surface area contributed by atoms with Crippen LogP contribution < -0.4 is 10.5 Å². The Morgan fingerprint density at radius 1 is 1.31 bits per heavy atom. The van der Waals surface area contributed by atoms with Gasteiger partial charge in [0.1, 0.15) is 11.9 Å². The van der Waals surface area contributed by atoms with Gasteiger partial charge in [0, 0.05) is 6.04 Å². The van der Waals surface area contributed by atoms with Gasteiger partial charge in [0.2, 0.25) is 0 Å². The molecule has 0 saturated heterocycles. The highest BCUT2D eigenvalue weighted by Crippen LogP contribution is 2.25. The molecule has 0 spiro atoms. The molecule has 0 aromatic heterocycles. The van der Waals surface area contributed by atoms with Crippen molar-refractivity contribution in [3.63, 3.8) is 0 Å². The molecule has 0 radical (unpaired) electrons. The zero-order valence-corrected chi connectivity index (χ0v) is 9.60. The maximum Gasteiger partial charge on any atom is 0.124 e.